The molecule has 4 aromatic rings. The fourth-order valence-electron chi connectivity index (χ4n) is 2.43. The summed E-state index contributed by atoms with van der Waals surface area (Å²) >= 11 is 0. The molecule has 0 aliphatic heterocycles. The fraction of sp³-hybridized carbons (Fsp3) is 0.0588. The number of hydrogen-bond acceptors (Lipinski definition) is 4. The molecule has 0 fully saturated rings. The summed E-state index contributed by atoms with van der Waals surface area (Å²) in [5.74, 6) is 0.918. The first-order valence-corrected chi connectivity index (χ1v) is 7.15. The van der Waals surface area contributed by atoms with Crippen LogP contribution < -0.4 is 0 Å². The molecule has 0 N–H and O–H groups in total. The average molecular weight is 305 g/mol. The van der Waals surface area contributed by atoms with Crippen LogP contribution in [0.2, 0.25) is 0 Å². The van der Waals surface area contributed by atoms with Gasteiger partial charge in [0, 0.05) is 30.6 Å². The van der Waals surface area contributed by atoms with Gasteiger partial charge in [0.15, 0.2) is 5.82 Å². The van der Waals surface area contributed by atoms with Crippen LogP contribution in [0.4, 0.5) is 4.39 Å². The lowest BCUT2D eigenvalue weighted by atomic mass is 10.1. The normalized spacial score (nSPS) is 11.0. The predicted molar refractivity (Wildman–Crippen MR) is 83.2 cm³/mol. The Hall–Kier alpha value is -3.15. The number of nitrogens with zero attached hydrogens (tertiary/aromatic N) is 5. The van der Waals surface area contributed by atoms with Crippen molar-refractivity contribution in [3.63, 3.8) is 0 Å². The van der Waals surface area contributed by atoms with Crippen LogP contribution in [0, 0.1) is 5.82 Å². The lowest BCUT2D eigenvalue weighted by molar-refractivity contribution is 0.627. The maximum absolute atomic E-state index is 13.0. The highest BCUT2D eigenvalue weighted by Gasteiger charge is 2.10. The van der Waals surface area contributed by atoms with Gasteiger partial charge in [-0.25, -0.2) is 9.37 Å². The molecule has 3 heterocycles. The lowest BCUT2D eigenvalue weighted by Crippen LogP contribution is -1.97. The van der Waals surface area contributed by atoms with Crippen LogP contribution >= 0.6 is 0 Å². The third-order valence-electron chi connectivity index (χ3n) is 3.52. The minimum absolute atomic E-state index is 0.253. The first-order chi connectivity index (χ1) is 11.3. The third kappa shape index (κ3) is 2.66. The Balaban J connectivity index is 1.75. The molecule has 23 heavy (non-hydrogen) atoms. The molecule has 6 heteroatoms. The number of hydrogen-bond donors (Lipinski definition) is 0. The summed E-state index contributed by atoms with van der Waals surface area (Å²) in [6.45, 7) is 0. The molecule has 5 nitrogen and oxygen atoms in total. The number of halogens is 1. The van der Waals surface area contributed by atoms with E-state index < -0.39 is 0 Å². The van der Waals surface area contributed by atoms with E-state index in [4.69, 9.17) is 0 Å². The van der Waals surface area contributed by atoms with Gasteiger partial charge in [0.2, 0.25) is 0 Å². The molecule has 0 radical (unpaired) electrons. The van der Waals surface area contributed by atoms with Crippen molar-refractivity contribution < 1.29 is 4.39 Å². The van der Waals surface area contributed by atoms with E-state index in [1.807, 2.05) is 18.2 Å². The minimum atomic E-state index is -0.253. The van der Waals surface area contributed by atoms with Crippen molar-refractivity contribution in [3.8, 4) is 11.3 Å². The Bertz CT molecular complexity index is 948. The summed E-state index contributed by atoms with van der Waals surface area (Å²) in [6.07, 6.45) is 5.73. The van der Waals surface area contributed by atoms with Crippen LogP contribution in [-0.4, -0.2) is 24.6 Å². The first kappa shape index (κ1) is 13.5. The molecule has 0 unspecified atom stereocenters. The molecule has 1 aromatic carbocycles. The summed E-state index contributed by atoms with van der Waals surface area (Å²) in [5, 5.41) is 4.53. The van der Waals surface area contributed by atoms with Gasteiger partial charge in [0.1, 0.15) is 5.82 Å². The molecule has 0 bridgehead atoms. The van der Waals surface area contributed by atoms with Crippen LogP contribution in [0.25, 0.3) is 17.0 Å². The zero-order chi connectivity index (χ0) is 15.6. The zero-order valence-corrected chi connectivity index (χ0v) is 12.1. The van der Waals surface area contributed by atoms with Crippen molar-refractivity contribution in [1.29, 1.82) is 0 Å². The Morgan fingerprint density at radius 1 is 1.00 bits per heavy atom. The molecule has 3 aromatic heterocycles. The monoisotopic (exact) mass is 305 g/mol. The van der Waals surface area contributed by atoms with E-state index >= 15 is 0 Å². The molecule has 0 aliphatic carbocycles. The zero-order valence-electron chi connectivity index (χ0n) is 12.1. The Morgan fingerprint density at radius 2 is 1.87 bits per heavy atom. The van der Waals surface area contributed by atoms with Gasteiger partial charge in [-0.1, -0.05) is 12.1 Å². The van der Waals surface area contributed by atoms with Crippen LogP contribution in [0.1, 0.15) is 11.4 Å². The summed E-state index contributed by atoms with van der Waals surface area (Å²) in [7, 11) is 0. The highest BCUT2D eigenvalue weighted by Crippen LogP contribution is 2.18. The third-order valence-corrected chi connectivity index (χ3v) is 3.52. The number of rotatable bonds is 3. The van der Waals surface area contributed by atoms with Crippen LogP contribution in [0.15, 0.2) is 61.1 Å². The first-order valence-electron chi connectivity index (χ1n) is 7.15. The number of benzene rings is 1. The number of pyridine rings is 1. The largest absolute Gasteiger partial charge is 0.264 e. The van der Waals surface area contributed by atoms with Gasteiger partial charge in [-0.15, -0.1) is 5.10 Å². The van der Waals surface area contributed by atoms with Crippen LogP contribution in [-0.2, 0) is 6.42 Å². The maximum Gasteiger partial charge on any atom is 0.252 e. The van der Waals surface area contributed by atoms with Crippen molar-refractivity contribution in [2.24, 2.45) is 0 Å². The molecule has 4 rings (SSSR count). The Kier molecular flexibility index (Phi) is 3.27. The smallest absolute Gasteiger partial charge is 0.252 e. The standard InChI is InChI=1S/C17H12FN5/c18-14-5-3-12(4-6-14)10-16-21-17-20-9-7-15(23(17)22-16)13-2-1-8-19-11-13/h1-9,11H,10H2. The molecule has 0 amide bonds. The maximum atomic E-state index is 13.0. The van der Waals surface area contributed by atoms with E-state index in [0.717, 1.165) is 16.8 Å². The fourth-order valence-corrected chi connectivity index (χ4v) is 2.43. The SMILES string of the molecule is Fc1ccc(Cc2nc3nccc(-c4cccnc4)n3n2)cc1. The molecule has 0 saturated carbocycles. The van der Waals surface area contributed by atoms with Crippen molar-refractivity contribution in [2.75, 3.05) is 0 Å². The average Bonchev–Trinajstić information content (AvgIpc) is 3.00. The molecule has 112 valence electrons. The van der Waals surface area contributed by atoms with E-state index in [2.05, 4.69) is 20.1 Å². The van der Waals surface area contributed by atoms with Gasteiger partial charge < -0.3 is 0 Å². The van der Waals surface area contributed by atoms with Crippen LogP contribution in [0.3, 0.4) is 0 Å². The quantitative estimate of drug-likeness (QED) is 0.584. The van der Waals surface area contributed by atoms with Gasteiger partial charge in [-0.05, 0) is 35.9 Å². The highest BCUT2D eigenvalue weighted by atomic mass is 19.1. The van der Waals surface area contributed by atoms with E-state index in [0.29, 0.717) is 18.0 Å². The molecular formula is C17H12FN5. The highest BCUT2D eigenvalue weighted by molar-refractivity contribution is 5.59. The summed E-state index contributed by atoms with van der Waals surface area (Å²) < 4.78 is 14.7. The Labute approximate surface area is 131 Å². The van der Waals surface area contributed by atoms with Gasteiger partial charge >= 0.3 is 0 Å². The molecule has 0 aliphatic rings. The molecule has 0 atom stereocenters. The second-order valence-corrected chi connectivity index (χ2v) is 5.11. The topological polar surface area (TPSA) is 56.0 Å². The van der Waals surface area contributed by atoms with E-state index in [1.165, 1.54) is 12.1 Å². The van der Waals surface area contributed by atoms with Gasteiger partial charge in [0.05, 0.1) is 5.69 Å². The molecule has 0 spiro atoms. The number of fused-ring (bicyclic) bond motifs is 1. The van der Waals surface area contributed by atoms with Crippen LogP contribution in [0.5, 0.6) is 0 Å². The van der Waals surface area contributed by atoms with Crippen molar-refractivity contribution >= 4 is 5.78 Å². The summed E-state index contributed by atoms with van der Waals surface area (Å²) in [6, 6.07) is 12.0. The van der Waals surface area contributed by atoms with Crippen molar-refractivity contribution in [3.05, 3.63) is 78.3 Å². The second-order valence-electron chi connectivity index (χ2n) is 5.11. The summed E-state index contributed by atoms with van der Waals surface area (Å²) in [4.78, 5) is 12.8. The Morgan fingerprint density at radius 3 is 2.65 bits per heavy atom. The van der Waals surface area contributed by atoms with Crippen molar-refractivity contribution in [1.82, 2.24) is 24.6 Å². The van der Waals surface area contributed by atoms with Crippen molar-refractivity contribution in [2.45, 2.75) is 6.42 Å². The van der Waals surface area contributed by atoms with Gasteiger partial charge in [-0.3, -0.25) is 4.98 Å². The van der Waals surface area contributed by atoms with E-state index in [9.17, 15) is 4.39 Å². The molecular weight excluding hydrogens is 293 g/mol. The van der Waals surface area contributed by atoms with E-state index in [-0.39, 0.29) is 5.82 Å². The molecule has 0 saturated heterocycles. The second kappa shape index (κ2) is 5.57. The summed E-state index contributed by atoms with van der Waals surface area (Å²) in [5.41, 5.74) is 2.77. The van der Waals surface area contributed by atoms with E-state index in [1.54, 1.807) is 35.2 Å². The minimum Gasteiger partial charge on any atom is -0.264 e. The predicted octanol–water partition coefficient (Wildman–Crippen LogP) is 2.92. The van der Waals surface area contributed by atoms with Gasteiger partial charge in [-0.2, -0.15) is 9.50 Å². The number of aromatic nitrogens is 5. The lowest BCUT2D eigenvalue weighted by Gasteiger charge is -2.02. The van der Waals surface area contributed by atoms with Gasteiger partial charge in [0.25, 0.3) is 5.78 Å².